The van der Waals surface area contributed by atoms with E-state index in [1.165, 1.54) is 11.8 Å². The van der Waals surface area contributed by atoms with Gasteiger partial charge in [-0.25, -0.2) is 0 Å². The molecule has 0 radical (unpaired) electrons. The third kappa shape index (κ3) is 2.72. The summed E-state index contributed by atoms with van der Waals surface area (Å²) in [6, 6.07) is 13.1. The molecule has 2 aromatic carbocycles. The molecule has 0 aromatic heterocycles. The number of nitrogens with zero attached hydrogens (tertiary/aromatic N) is 1. The summed E-state index contributed by atoms with van der Waals surface area (Å²) in [5.74, 6) is 1.21. The average molecular weight is 420 g/mol. The lowest BCUT2D eigenvalue weighted by atomic mass is 10.1. The van der Waals surface area contributed by atoms with Gasteiger partial charge in [-0.05, 0) is 36.4 Å². The fourth-order valence-electron chi connectivity index (χ4n) is 2.49. The molecular weight excluding hydrogens is 410 g/mol. The maximum Gasteiger partial charge on any atom is 0.270 e. The van der Waals surface area contributed by atoms with E-state index in [2.05, 4.69) is 15.9 Å². The van der Waals surface area contributed by atoms with Crippen LogP contribution in [-0.4, -0.2) is 17.0 Å². The van der Waals surface area contributed by atoms with Gasteiger partial charge in [0.1, 0.15) is 0 Å². The highest BCUT2D eigenvalue weighted by atomic mass is 79.9. The van der Waals surface area contributed by atoms with Gasteiger partial charge in [-0.1, -0.05) is 52.0 Å². The number of rotatable bonds is 2. The van der Waals surface area contributed by atoms with Crippen molar-refractivity contribution in [1.82, 2.24) is 0 Å². The van der Waals surface area contributed by atoms with Crippen LogP contribution in [0.5, 0.6) is 11.5 Å². The summed E-state index contributed by atoms with van der Waals surface area (Å²) in [6.45, 7) is 0.194. The zero-order chi connectivity index (χ0) is 16.7. The van der Waals surface area contributed by atoms with E-state index in [4.69, 9.17) is 21.7 Å². The second-order valence-electron chi connectivity index (χ2n) is 5.07. The van der Waals surface area contributed by atoms with Crippen LogP contribution in [0, 0.1) is 0 Å². The van der Waals surface area contributed by atoms with Gasteiger partial charge in [-0.2, -0.15) is 0 Å². The van der Waals surface area contributed by atoms with Crippen molar-refractivity contribution in [2.75, 3.05) is 11.7 Å². The van der Waals surface area contributed by atoms with Gasteiger partial charge in [0.05, 0.1) is 10.6 Å². The van der Waals surface area contributed by atoms with Crippen LogP contribution < -0.4 is 14.4 Å². The topological polar surface area (TPSA) is 38.8 Å². The van der Waals surface area contributed by atoms with E-state index in [-0.39, 0.29) is 12.7 Å². The molecule has 0 unspecified atom stereocenters. The lowest BCUT2D eigenvalue weighted by Crippen LogP contribution is -2.27. The number of thioether (sulfide) groups is 1. The number of benzene rings is 2. The van der Waals surface area contributed by atoms with Gasteiger partial charge in [-0.15, -0.1) is 0 Å². The van der Waals surface area contributed by atoms with E-state index in [1.807, 2.05) is 42.5 Å². The summed E-state index contributed by atoms with van der Waals surface area (Å²) < 4.78 is 12.3. The number of carbonyl (C=O) groups is 1. The first-order chi connectivity index (χ1) is 11.6. The third-order valence-electron chi connectivity index (χ3n) is 3.59. The van der Waals surface area contributed by atoms with Crippen LogP contribution in [0.1, 0.15) is 5.56 Å². The largest absolute Gasteiger partial charge is 0.454 e. The fourth-order valence-corrected chi connectivity index (χ4v) is 4.04. The number of hydrogen-bond acceptors (Lipinski definition) is 5. The van der Waals surface area contributed by atoms with Gasteiger partial charge in [-0.3, -0.25) is 9.69 Å². The quantitative estimate of drug-likeness (QED) is 0.525. The molecule has 0 aliphatic carbocycles. The highest BCUT2D eigenvalue weighted by Crippen LogP contribution is 2.40. The molecule has 24 heavy (non-hydrogen) atoms. The number of para-hydroxylation sites is 1. The smallest absolute Gasteiger partial charge is 0.270 e. The van der Waals surface area contributed by atoms with Crippen molar-refractivity contribution in [3.63, 3.8) is 0 Å². The molecular formula is C17H10BrNO3S2. The number of anilines is 1. The number of halogens is 1. The Morgan fingerprint density at radius 2 is 1.96 bits per heavy atom. The molecule has 2 heterocycles. The van der Waals surface area contributed by atoms with Crippen molar-refractivity contribution in [2.45, 2.75) is 0 Å². The van der Waals surface area contributed by atoms with Gasteiger partial charge in [0.2, 0.25) is 6.79 Å². The second kappa shape index (κ2) is 6.23. The van der Waals surface area contributed by atoms with E-state index in [0.29, 0.717) is 20.7 Å². The predicted molar refractivity (Wildman–Crippen MR) is 102 cm³/mol. The zero-order valence-corrected chi connectivity index (χ0v) is 15.4. The minimum absolute atomic E-state index is 0.135. The van der Waals surface area contributed by atoms with Crippen LogP contribution in [0.3, 0.4) is 0 Å². The Balaban J connectivity index is 1.69. The average Bonchev–Trinajstić information content (AvgIpc) is 3.15. The number of fused-ring (bicyclic) bond motifs is 1. The highest BCUT2D eigenvalue weighted by molar-refractivity contribution is 9.10. The van der Waals surface area contributed by atoms with E-state index < -0.39 is 0 Å². The van der Waals surface area contributed by atoms with Crippen LogP contribution in [0.25, 0.3) is 6.08 Å². The summed E-state index contributed by atoms with van der Waals surface area (Å²) >= 11 is 10.1. The normalized spacial score (nSPS) is 17.9. The van der Waals surface area contributed by atoms with E-state index in [9.17, 15) is 4.79 Å². The van der Waals surface area contributed by atoms with Crippen molar-refractivity contribution in [2.24, 2.45) is 0 Å². The summed E-state index contributed by atoms with van der Waals surface area (Å²) in [5.41, 5.74) is 1.56. The maximum atomic E-state index is 12.8. The third-order valence-corrected chi connectivity index (χ3v) is 5.42. The van der Waals surface area contributed by atoms with Crippen LogP contribution in [-0.2, 0) is 4.79 Å². The summed E-state index contributed by atoms with van der Waals surface area (Å²) in [4.78, 5) is 14.9. The highest BCUT2D eigenvalue weighted by Gasteiger charge is 2.33. The Hall–Kier alpha value is -1.83. The second-order valence-corrected chi connectivity index (χ2v) is 7.67. The van der Waals surface area contributed by atoms with Crippen molar-refractivity contribution >= 4 is 61.9 Å². The van der Waals surface area contributed by atoms with Crippen molar-refractivity contribution in [3.8, 4) is 11.5 Å². The summed E-state index contributed by atoms with van der Waals surface area (Å²) in [6.07, 6.45) is 1.80. The van der Waals surface area contributed by atoms with E-state index >= 15 is 0 Å². The van der Waals surface area contributed by atoms with Gasteiger partial charge >= 0.3 is 0 Å². The van der Waals surface area contributed by atoms with Gasteiger partial charge < -0.3 is 9.47 Å². The van der Waals surface area contributed by atoms with Crippen molar-refractivity contribution in [3.05, 3.63) is 57.4 Å². The molecule has 2 aliphatic rings. The van der Waals surface area contributed by atoms with Crippen LogP contribution in [0.2, 0.25) is 0 Å². The van der Waals surface area contributed by atoms with Crippen LogP contribution >= 0.6 is 39.9 Å². The van der Waals surface area contributed by atoms with Crippen LogP contribution in [0.15, 0.2) is 51.8 Å². The number of amides is 1. The van der Waals surface area contributed by atoms with Crippen molar-refractivity contribution < 1.29 is 14.3 Å². The molecule has 2 aromatic rings. The van der Waals surface area contributed by atoms with Gasteiger partial charge in [0.15, 0.2) is 15.8 Å². The van der Waals surface area contributed by atoms with Crippen LogP contribution in [0.4, 0.5) is 5.69 Å². The molecule has 0 spiro atoms. The molecule has 1 saturated heterocycles. The first kappa shape index (κ1) is 15.7. The Morgan fingerprint density at radius 1 is 1.17 bits per heavy atom. The molecule has 4 nitrogen and oxygen atoms in total. The molecule has 0 saturated carbocycles. The molecule has 0 bridgehead atoms. The Kier molecular flexibility index (Phi) is 4.07. The molecule has 120 valence electrons. The fraction of sp³-hybridized carbons (Fsp3) is 0.0588. The van der Waals surface area contributed by atoms with E-state index in [0.717, 1.165) is 15.7 Å². The number of thiocarbonyl (C=S) groups is 1. The molecule has 7 heteroatoms. The van der Waals surface area contributed by atoms with Crippen molar-refractivity contribution in [1.29, 1.82) is 0 Å². The van der Waals surface area contributed by atoms with Gasteiger partial charge in [0, 0.05) is 10.0 Å². The lowest BCUT2D eigenvalue weighted by Gasteiger charge is -2.14. The number of carbonyl (C=O) groups excluding carboxylic acids is 1. The minimum atomic E-state index is -0.135. The predicted octanol–water partition coefficient (Wildman–Crippen LogP) is 4.58. The summed E-state index contributed by atoms with van der Waals surface area (Å²) in [7, 11) is 0. The molecule has 1 amide bonds. The maximum absolute atomic E-state index is 12.8. The molecule has 4 rings (SSSR count). The molecule has 0 N–H and O–H groups in total. The number of hydrogen-bond donors (Lipinski definition) is 0. The minimum Gasteiger partial charge on any atom is -0.454 e. The van der Waals surface area contributed by atoms with E-state index in [1.54, 1.807) is 11.0 Å². The molecule has 1 fully saturated rings. The Morgan fingerprint density at radius 3 is 2.75 bits per heavy atom. The zero-order valence-electron chi connectivity index (χ0n) is 12.2. The monoisotopic (exact) mass is 419 g/mol. The summed E-state index contributed by atoms with van der Waals surface area (Å²) in [5, 5.41) is 0. The van der Waals surface area contributed by atoms with Gasteiger partial charge in [0.25, 0.3) is 5.91 Å². The lowest BCUT2D eigenvalue weighted by molar-refractivity contribution is -0.113. The number of ether oxygens (including phenoxy) is 2. The Labute approximate surface area is 156 Å². The first-order valence-corrected chi connectivity index (χ1v) is 9.07. The standard InChI is InChI=1S/C17H10BrNO3S2/c18-11-4-6-12(7-5-11)19-16(20)14(24-17(19)23)8-10-2-1-3-13-15(10)22-9-21-13/h1-8H,9H2. The Bertz CT molecular complexity index is 880. The molecule has 2 aliphatic heterocycles. The SMILES string of the molecule is O=C1C(=Cc2cccc3c2OCO3)SC(=S)N1c1ccc(Br)cc1. The molecule has 0 atom stereocenters. The first-order valence-electron chi connectivity index (χ1n) is 7.05.